The number of aromatic nitrogens is 3. The van der Waals surface area contributed by atoms with Gasteiger partial charge < -0.3 is 9.47 Å². The van der Waals surface area contributed by atoms with E-state index in [9.17, 15) is 0 Å². The molecule has 9 aromatic carbocycles. The Morgan fingerprint density at radius 2 is 0.857 bits per heavy atom. The molecule has 0 bridgehead atoms. The molecule has 4 nitrogen and oxygen atoms in total. The minimum absolute atomic E-state index is 0.851. The van der Waals surface area contributed by atoms with Gasteiger partial charge in [0.05, 0.1) is 34.0 Å². The Hall–Kier alpha value is -7.56. The van der Waals surface area contributed by atoms with Crippen LogP contribution in [-0.4, -0.2) is 14.5 Å². The fraction of sp³-hybridized carbons (Fsp3) is 0. The smallest absolute Gasteiger partial charge is 0.0979 e. The monoisotopic (exact) mass is 714 g/mol. The van der Waals surface area contributed by atoms with Gasteiger partial charge in [0, 0.05) is 49.9 Å². The summed E-state index contributed by atoms with van der Waals surface area (Å²) in [6, 6.07) is 71.2. The minimum Gasteiger partial charge on any atom is -0.311 e. The van der Waals surface area contributed by atoms with Gasteiger partial charge in [-0.2, -0.15) is 0 Å². The van der Waals surface area contributed by atoms with Crippen LogP contribution in [0.15, 0.2) is 206 Å². The molecule has 0 radical (unpaired) electrons. The van der Waals surface area contributed by atoms with Gasteiger partial charge in [-0.1, -0.05) is 133 Å². The number of rotatable bonds is 6. The summed E-state index contributed by atoms with van der Waals surface area (Å²) in [5.41, 5.74) is 12.9. The van der Waals surface area contributed by atoms with Gasteiger partial charge >= 0.3 is 0 Å². The highest BCUT2D eigenvalue weighted by Gasteiger charge is 2.17. The zero-order valence-electron chi connectivity index (χ0n) is 30.4. The van der Waals surface area contributed by atoms with E-state index in [1.54, 1.807) is 0 Å². The van der Waals surface area contributed by atoms with Crippen LogP contribution in [-0.2, 0) is 0 Å². The van der Waals surface area contributed by atoms with E-state index in [-0.39, 0.29) is 0 Å². The molecule has 11 aromatic rings. The first-order chi connectivity index (χ1) is 27.8. The van der Waals surface area contributed by atoms with E-state index in [4.69, 9.17) is 9.97 Å². The van der Waals surface area contributed by atoms with Crippen LogP contribution in [0.1, 0.15) is 0 Å². The van der Waals surface area contributed by atoms with E-state index < -0.39 is 0 Å². The highest BCUT2D eigenvalue weighted by atomic mass is 15.1. The van der Waals surface area contributed by atoms with Crippen molar-refractivity contribution in [2.45, 2.75) is 0 Å². The second kappa shape index (κ2) is 13.1. The molecule has 0 aliphatic rings. The molecule has 0 saturated heterocycles. The molecule has 2 heterocycles. The summed E-state index contributed by atoms with van der Waals surface area (Å²) in [7, 11) is 0. The van der Waals surface area contributed by atoms with Gasteiger partial charge in [-0.05, 0) is 88.6 Å². The van der Waals surface area contributed by atoms with Crippen molar-refractivity contribution < 1.29 is 0 Å². The summed E-state index contributed by atoms with van der Waals surface area (Å²) in [6.07, 6.45) is 1.91. The first-order valence-corrected chi connectivity index (χ1v) is 19.0. The molecule has 0 N–H and O–H groups in total. The van der Waals surface area contributed by atoms with Crippen molar-refractivity contribution in [2.24, 2.45) is 0 Å². The normalized spacial score (nSPS) is 11.6. The van der Waals surface area contributed by atoms with E-state index >= 15 is 0 Å². The van der Waals surface area contributed by atoms with Crippen LogP contribution in [0.5, 0.6) is 0 Å². The van der Waals surface area contributed by atoms with Crippen molar-refractivity contribution in [1.29, 1.82) is 0 Å². The lowest BCUT2D eigenvalue weighted by atomic mass is 9.99. The summed E-state index contributed by atoms with van der Waals surface area (Å²) in [4.78, 5) is 12.5. The lowest BCUT2D eigenvalue weighted by Crippen LogP contribution is -2.09. The molecular formula is C52H34N4. The fourth-order valence-corrected chi connectivity index (χ4v) is 8.38. The van der Waals surface area contributed by atoms with Gasteiger partial charge in [0.1, 0.15) is 0 Å². The van der Waals surface area contributed by atoms with Gasteiger partial charge in [0.15, 0.2) is 0 Å². The second-order valence-electron chi connectivity index (χ2n) is 14.2. The molecular weight excluding hydrogens is 681 g/mol. The van der Waals surface area contributed by atoms with Crippen molar-refractivity contribution in [3.8, 4) is 28.1 Å². The molecule has 0 saturated carbocycles. The van der Waals surface area contributed by atoms with Gasteiger partial charge in [0.25, 0.3) is 0 Å². The zero-order chi connectivity index (χ0) is 37.0. The van der Waals surface area contributed by atoms with Crippen LogP contribution in [0.25, 0.3) is 82.5 Å². The third kappa shape index (κ3) is 5.23. The van der Waals surface area contributed by atoms with Crippen molar-refractivity contribution in [3.05, 3.63) is 206 Å². The molecule has 56 heavy (non-hydrogen) atoms. The van der Waals surface area contributed by atoms with Crippen LogP contribution in [0.4, 0.5) is 17.1 Å². The number of hydrogen-bond acceptors (Lipinski definition) is 3. The molecule has 11 rings (SSSR count). The molecule has 262 valence electrons. The first kappa shape index (κ1) is 31.9. The summed E-state index contributed by atoms with van der Waals surface area (Å²) < 4.78 is 2.36. The second-order valence-corrected chi connectivity index (χ2v) is 14.2. The largest absolute Gasteiger partial charge is 0.311 e. The van der Waals surface area contributed by atoms with E-state index in [0.29, 0.717) is 0 Å². The molecule has 4 heteroatoms. The van der Waals surface area contributed by atoms with Crippen molar-refractivity contribution in [1.82, 2.24) is 14.5 Å². The van der Waals surface area contributed by atoms with Gasteiger partial charge in [0.2, 0.25) is 0 Å². The van der Waals surface area contributed by atoms with Crippen LogP contribution in [0.2, 0.25) is 0 Å². The van der Waals surface area contributed by atoms with Gasteiger partial charge in [-0.15, -0.1) is 0 Å². The Balaban J connectivity index is 0.957. The maximum atomic E-state index is 5.23. The van der Waals surface area contributed by atoms with E-state index in [2.05, 4.69) is 210 Å². The molecule has 0 aliphatic heterocycles. The molecule has 0 amide bonds. The SMILES string of the molecule is c1ccc(N(c2ccc(-c3ccc4c(c3)c3ccccc3n4-c3ccccc3)cc2)c2ccc(-c3cnc4c5ccccc5c5ccccc5c4n3)cc2)cc1. The van der Waals surface area contributed by atoms with Crippen molar-refractivity contribution >= 4 is 71.4 Å². The average molecular weight is 715 g/mol. The lowest BCUT2D eigenvalue weighted by Gasteiger charge is -2.26. The summed E-state index contributed by atoms with van der Waals surface area (Å²) in [5, 5.41) is 7.12. The first-order valence-electron chi connectivity index (χ1n) is 19.0. The minimum atomic E-state index is 0.851. The number of fused-ring (bicyclic) bond motifs is 9. The van der Waals surface area contributed by atoms with Gasteiger partial charge in [-0.25, -0.2) is 4.98 Å². The standard InChI is InChI=1S/C52H34N4/c1-3-13-38(14-4-1)55(41-30-25-36(26-31-41)48-34-53-51-45-20-9-7-17-42(45)43-18-8-10-21-46(43)52(51)54-48)40-28-23-35(24-29-40)37-27-32-50-47(33-37)44-19-11-12-22-49(44)56(50)39-15-5-2-6-16-39/h1-34H. The lowest BCUT2D eigenvalue weighted by molar-refractivity contribution is 1.18. The molecule has 2 aromatic heterocycles. The number of nitrogens with zero attached hydrogens (tertiary/aromatic N) is 4. The van der Waals surface area contributed by atoms with Crippen LogP contribution in [0.3, 0.4) is 0 Å². The maximum Gasteiger partial charge on any atom is 0.0979 e. The van der Waals surface area contributed by atoms with Gasteiger partial charge in [-0.3, -0.25) is 4.98 Å². The average Bonchev–Trinajstić information content (AvgIpc) is 3.61. The van der Waals surface area contributed by atoms with Crippen LogP contribution < -0.4 is 4.90 Å². The van der Waals surface area contributed by atoms with E-state index in [1.807, 2.05) is 6.20 Å². The number of benzene rings is 9. The van der Waals surface area contributed by atoms with Crippen LogP contribution in [0, 0.1) is 0 Å². The predicted octanol–water partition coefficient (Wildman–Crippen LogP) is 13.8. The molecule has 0 atom stereocenters. The Bertz CT molecular complexity index is 3190. The number of para-hydroxylation sites is 3. The maximum absolute atomic E-state index is 5.23. The predicted molar refractivity (Wildman–Crippen MR) is 234 cm³/mol. The Kier molecular flexibility index (Phi) is 7.46. The molecule has 0 fully saturated rings. The third-order valence-corrected chi connectivity index (χ3v) is 11.0. The highest BCUT2D eigenvalue weighted by molar-refractivity contribution is 6.23. The van der Waals surface area contributed by atoms with Crippen molar-refractivity contribution in [2.75, 3.05) is 4.90 Å². The Labute approximate surface area is 324 Å². The van der Waals surface area contributed by atoms with E-state index in [1.165, 1.54) is 43.7 Å². The Morgan fingerprint density at radius 1 is 0.357 bits per heavy atom. The Morgan fingerprint density at radius 3 is 1.54 bits per heavy atom. The third-order valence-electron chi connectivity index (χ3n) is 11.0. The number of hydrogen-bond donors (Lipinski definition) is 0. The van der Waals surface area contributed by atoms with E-state index in [0.717, 1.165) is 55.8 Å². The van der Waals surface area contributed by atoms with Crippen molar-refractivity contribution in [3.63, 3.8) is 0 Å². The summed E-state index contributed by atoms with van der Waals surface area (Å²) in [6.45, 7) is 0. The summed E-state index contributed by atoms with van der Waals surface area (Å²) in [5.74, 6) is 0. The summed E-state index contributed by atoms with van der Waals surface area (Å²) >= 11 is 0. The topological polar surface area (TPSA) is 34.0 Å². The van der Waals surface area contributed by atoms with Crippen LogP contribution >= 0.6 is 0 Å². The zero-order valence-corrected chi connectivity index (χ0v) is 30.4. The number of anilines is 3. The highest BCUT2D eigenvalue weighted by Crippen LogP contribution is 2.39. The fourth-order valence-electron chi connectivity index (χ4n) is 8.38. The molecule has 0 spiro atoms. The molecule has 0 aliphatic carbocycles. The molecule has 0 unspecified atom stereocenters. The quantitative estimate of drug-likeness (QED) is 0.161.